The van der Waals surface area contributed by atoms with Crippen molar-refractivity contribution in [2.75, 3.05) is 18.4 Å². The van der Waals surface area contributed by atoms with Crippen molar-refractivity contribution in [1.29, 1.82) is 0 Å². The first kappa shape index (κ1) is 16.1. The van der Waals surface area contributed by atoms with E-state index in [1.165, 1.54) is 16.9 Å². The first-order valence-electron chi connectivity index (χ1n) is 8.14. The van der Waals surface area contributed by atoms with Gasteiger partial charge in [0.1, 0.15) is 5.01 Å². The molecule has 1 N–H and O–H groups in total. The highest BCUT2D eigenvalue weighted by Gasteiger charge is 2.26. The normalized spacial score (nSPS) is 18.7. The summed E-state index contributed by atoms with van der Waals surface area (Å²) >= 11 is 1.46. The lowest BCUT2D eigenvalue weighted by Crippen LogP contribution is -2.40. The van der Waals surface area contributed by atoms with Crippen LogP contribution >= 0.6 is 11.3 Å². The number of nitrogens with one attached hydrogen (secondary N) is 1. The number of aryl methyl sites for hydroxylation is 1. The number of hydrogen-bond acceptors (Lipinski definition) is 5. The molecule has 1 aliphatic rings. The number of carbonyl (C=O) groups excluding carboxylic acids is 1. The highest BCUT2D eigenvalue weighted by Crippen LogP contribution is 2.22. The molecular weight excluding hydrogens is 308 g/mol. The van der Waals surface area contributed by atoms with Gasteiger partial charge in [-0.1, -0.05) is 48.6 Å². The predicted molar refractivity (Wildman–Crippen MR) is 92.4 cm³/mol. The molecule has 0 bridgehead atoms. The number of aromatic nitrogens is 2. The van der Waals surface area contributed by atoms with Crippen LogP contribution in [0.4, 0.5) is 5.13 Å². The van der Waals surface area contributed by atoms with E-state index in [0.717, 1.165) is 43.9 Å². The minimum absolute atomic E-state index is 0.0291. The minimum Gasteiger partial charge on any atom is -0.300 e. The van der Waals surface area contributed by atoms with E-state index in [9.17, 15) is 4.79 Å². The van der Waals surface area contributed by atoms with E-state index in [-0.39, 0.29) is 11.8 Å². The maximum Gasteiger partial charge on any atom is 0.230 e. The number of nitrogens with zero attached hydrogens (tertiary/aromatic N) is 3. The van der Waals surface area contributed by atoms with Gasteiger partial charge in [-0.15, -0.1) is 10.2 Å². The topological polar surface area (TPSA) is 58.1 Å². The molecule has 5 nitrogen and oxygen atoms in total. The van der Waals surface area contributed by atoms with E-state index < -0.39 is 0 Å². The largest absolute Gasteiger partial charge is 0.300 e. The van der Waals surface area contributed by atoms with Crippen molar-refractivity contribution in [1.82, 2.24) is 15.1 Å². The Kier molecular flexibility index (Phi) is 5.35. The summed E-state index contributed by atoms with van der Waals surface area (Å²) in [6.45, 7) is 4.80. The average Bonchev–Trinajstić information content (AvgIpc) is 3.03. The van der Waals surface area contributed by atoms with Crippen molar-refractivity contribution in [2.24, 2.45) is 5.92 Å². The summed E-state index contributed by atoms with van der Waals surface area (Å²) in [4.78, 5) is 14.8. The number of rotatable bonds is 5. The molecule has 0 spiro atoms. The number of carbonyl (C=O) groups is 1. The SMILES string of the molecule is CCc1nnc(NC(=O)C2CCCN(Cc3ccccc3)C2)s1. The van der Waals surface area contributed by atoms with Crippen molar-refractivity contribution >= 4 is 22.4 Å². The van der Waals surface area contributed by atoms with Crippen molar-refractivity contribution in [3.05, 3.63) is 40.9 Å². The van der Waals surface area contributed by atoms with E-state index in [2.05, 4.69) is 44.7 Å². The van der Waals surface area contributed by atoms with Crippen LogP contribution in [0.1, 0.15) is 30.3 Å². The molecule has 3 rings (SSSR count). The molecule has 1 saturated heterocycles. The summed E-state index contributed by atoms with van der Waals surface area (Å²) in [5.41, 5.74) is 1.30. The van der Waals surface area contributed by atoms with Gasteiger partial charge >= 0.3 is 0 Å². The summed E-state index contributed by atoms with van der Waals surface area (Å²) in [5.74, 6) is 0.100. The van der Waals surface area contributed by atoms with Gasteiger partial charge in [0, 0.05) is 13.1 Å². The molecule has 0 saturated carbocycles. The summed E-state index contributed by atoms with van der Waals surface area (Å²) in [5, 5.41) is 12.6. The number of piperidine rings is 1. The minimum atomic E-state index is 0.0291. The predicted octanol–water partition coefficient (Wildman–Crippen LogP) is 2.95. The van der Waals surface area contributed by atoms with Crippen molar-refractivity contribution in [3.8, 4) is 0 Å². The van der Waals surface area contributed by atoms with E-state index in [1.54, 1.807) is 0 Å². The molecule has 2 heterocycles. The third-order valence-electron chi connectivity index (χ3n) is 4.12. The molecule has 0 radical (unpaired) electrons. The molecular formula is C17H22N4OS. The smallest absolute Gasteiger partial charge is 0.230 e. The van der Waals surface area contributed by atoms with Crippen LogP contribution < -0.4 is 5.32 Å². The van der Waals surface area contributed by atoms with Gasteiger partial charge in [-0.3, -0.25) is 9.69 Å². The van der Waals surface area contributed by atoms with Crippen molar-refractivity contribution in [3.63, 3.8) is 0 Å². The van der Waals surface area contributed by atoms with E-state index >= 15 is 0 Å². The molecule has 1 aromatic heterocycles. The van der Waals surface area contributed by atoms with Crippen LogP contribution in [0.2, 0.25) is 0 Å². The third-order valence-corrected chi connectivity index (χ3v) is 5.11. The molecule has 23 heavy (non-hydrogen) atoms. The maximum atomic E-state index is 12.5. The highest BCUT2D eigenvalue weighted by molar-refractivity contribution is 7.15. The zero-order chi connectivity index (χ0) is 16.1. The summed E-state index contributed by atoms with van der Waals surface area (Å²) in [7, 11) is 0. The maximum absolute atomic E-state index is 12.5. The van der Waals surface area contributed by atoms with Gasteiger partial charge in [-0.25, -0.2) is 0 Å². The Balaban J connectivity index is 1.56. The van der Waals surface area contributed by atoms with Crippen molar-refractivity contribution in [2.45, 2.75) is 32.7 Å². The van der Waals surface area contributed by atoms with Gasteiger partial charge in [0.15, 0.2) is 0 Å². The van der Waals surface area contributed by atoms with E-state index in [4.69, 9.17) is 0 Å². The van der Waals surface area contributed by atoms with Gasteiger partial charge in [-0.2, -0.15) is 0 Å². The van der Waals surface area contributed by atoms with Gasteiger partial charge in [0.2, 0.25) is 11.0 Å². The molecule has 1 atom stereocenters. The van der Waals surface area contributed by atoms with E-state index in [0.29, 0.717) is 5.13 Å². The summed E-state index contributed by atoms with van der Waals surface area (Å²) < 4.78 is 0. The summed E-state index contributed by atoms with van der Waals surface area (Å²) in [6, 6.07) is 10.4. The molecule has 1 fully saturated rings. The third kappa shape index (κ3) is 4.36. The quantitative estimate of drug-likeness (QED) is 0.916. The van der Waals surface area contributed by atoms with Gasteiger partial charge in [-0.05, 0) is 31.4 Å². The lowest BCUT2D eigenvalue weighted by Gasteiger charge is -2.31. The molecule has 0 aliphatic carbocycles. The average molecular weight is 330 g/mol. The van der Waals surface area contributed by atoms with Crippen LogP contribution in [-0.4, -0.2) is 34.1 Å². The molecule has 1 amide bonds. The number of amides is 1. The zero-order valence-corrected chi connectivity index (χ0v) is 14.2. The lowest BCUT2D eigenvalue weighted by molar-refractivity contribution is -0.121. The molecule has 2 aromatic rings. The second-order valence-electron chi connectivity index (χ2n) is 5.90. The second-order valence-corrected chi connectivity index (χ2v) is 6.97. The monoisotopic (exact) mass is 330 g/mol. The number of anilines is 1. The first-order valence-corrected chi connectivity index (χ1v) is 8.95. The number of hydrogen-bond donors (Lipinski definition) is 1. The molecule has 6 heteroatoms. The van der Waals surface area contributed by atoms with Crippen LogP contribution in [0.25, 0.3) is 0 Å². The van der Waals surface area contributed by atoms with Crippen LogP contribution in [0, 0.1) is 5.92 Å². The Labute approximate surface area is 140 Å². The second kappa shape index (κ2) is 7.66. The Morgan fingerprint density at radius 2 is 2.17 bits per heavy atom. The fraction of sp³-hybridized carbons (Fsp3) is 0.471. The van der Waals surface area contributed by atoms with Crippen molar-refractivity contribution < 1.29 is 4.79 Å². The standard InChI is InChI=1S/C17H22N4OS/c1-2-15-19-20-17(23-15)18-16(22)14-9-6-10-21(12-14)11-13-7-4-3-5-8-13/h3-5,7-8,14H,2,6,9-12H2,1H3,(H,18,20,22). The first-order chi connectivity index (χ1) is 11.2. The number of benzene rings is 1. The summed E-state index contributed by atoms with van der Waals surface area (Å²) in [6.07, 6.45) is 2.85. The molecule has 1 aliphatic heterocycles. The van der Waals surface area contributed by atoms with Crippen LogP contribution in [0.3, 0.4) is 0 Å². The van der Waals surface area contributed by atoms with Gasteiger partial charge in [0.05, 0.1) is 5.92 Å². The Morgan fingerprint density at radius 1 is 1.35 bits per heavy atom. The van der Waals surface area contributed by atoms with Gasteiger partial charge < -0.3 is 5.32 Å². The van der Waals surface area contributed by atoms with Gasteiger partial charge in [0.25, 0.3) is 0 Å². The Hall–Kier alpha value is -1.79. The van der Waals surface area contributed by atoms with Crippen LogP contribution in [0.15, 0.2) is 30.3 Å². The van der Waals surface area contributed by atoms with Crippen LogP contribution in [0.5, 0.6) is 0 Å². The van der Waals surface area contributed by atoms with Crippen LogP contribution in [-0.2, 0) is 17.8 Å². The fourth-order valence-electron chi connectivity index (χ4n) is 2.91. The Morgan fingerprint density at radius 3 is 2.91 bits per heavy atom. The fourth-order valence-corrected chi connectivity index (χ4v) is 3.59. The zero-order valence-electron chi connectivity index (χ0n) is 13.4. The number of likely N-dealkylation sites (tertiary alicyclic amines) is 1. The Bertz CT molecular complexity index is 643. The molecule has 1 unspecified atom stereocenters. The highest BCUT2D eigenvalue weighted by atomic mass is 32.1. The van der Waals surface area contributed by atoms with E-state index in [1.807, 2.05) is 13.0 Å². The molecule has 1 aromatic carbocycles. The molecule has 122 valence electrons. The lowest BCUT2D eigenvalue weighted by atomic mass is 9.97.